The first-order valence-electron chi connectivity index (χ1n) is 9.85. The molecule has 1 aliphatic carbocycles. The summed E-state index contributed by atoms with van der Waals surface area (Å²) >= 11 is 0. The summed E-state index contributed by atoms with van der Waals surface area (Å²) in [5.41, 5.74) is 0.500. The van der Waals surface area contributed by atoms with Gasteiger partial charge in [0.25, 0.3) is 11.5 Å². The molecule has 2 aliphatic rings. The number of nitrogens with zero attached hydrogens (tertiary/aromatic N) is 1. The summed E-state index contributed by atoms with van der Waals surface area (Å²) in [6.07, 6.45) is 0.630. The van der Waals surface area contributed by atoms with Crippen molar-refractivity contribution in [1.29, 1.82) is 0 Å². The van der Waals surface area contributed by atoms with E-state index in [1.165, 1.54) is 12.1 Å². The number of carbonyl (C=O) groups is 1. The van der Waals surface area contributed by atoms with Gasteiger partial charge in [0.1, 0.15) is 5.56 Å². The molecule has 29 heavy (non-hydrogen) atoms. The molecule has 0 atom stereocenters. The minimum absolute atomic E-state index is 0.0167. The van der Waals surface area contributed by atoms with Crippen molar-refractivity contribution in [2.24, 2.45) is 0 Å². The number of alkyl halides is 3. The smallest absolute Gasteiger partial charge is 0.371 e. The number of halogens is 3. The van der Waals surface area contributed by atoms with Gasteiger partial charge in [-0.1, -0.05) is 0 Å². The molecule has 2 aromatic rings. The molecule has 1 aliphatic heterocycles. The quantitative estimate of drug-likeness (QED) is 0.807. The third kappa shape index (κ3) is 4.02. The lowest BCUT2D eigenvalue weighted by Crippen LogP contribution is -2.31. The lowest BCUT2D eigenvalue weighted by Gasteiger charge is -2.31. The molecule has 0 spiro atoms. The van der Waals surface area contributed by atoms with Gasteiger partial charge in [0.15, 0.2) is 0 Å². The van der Waals surface area contributed by atoms with E-state index in [2.05, 4.69) is 10.3 Å². The van der Waals surface area contributed by atoms with Crippen molar-refractivity contribution < 1.29 is 18.0 Å². The topological polar surface area (TPSA) is 65.2 Å². The number of H-pyrrole nitrogens is 1. The average Bonchev–Trinajstić information content (AvgIpc) is 3.14. The second-order valence-electron chi connectivity index (χ2n) is 7.60. The minimum Gasteiger partial charge on any atom is -0.371 e. The number of hydrogen-bond donors (Lipinski definition) is 2. The van der Waals surface area contributed by atoms with E-state index in [-0.39, 0.29) is 16.9 Å². The standard InChI is InChI=1S/C21H22F3N3O2/c22-21(23,24)16-12-14(7-8-18(16)27-9-2-1-3-10-27)25-19(28)15-11-13-5-4-6-17(13)26-20(15)29/h7-8,11-12H,1-6,9-10H2,(H,25,28)(H,26,29). The van der Waals surface area contributed by atoms with Crippen LogP contribution in [-0.4, -0.2) is 24.0 Å². The molecule has 2 heterocycles. The molecule has 1 amide bonds. The predicted molar refractivity (Wildman–Crippen MR) is 105 cm³/mol. The Kier molecular flexibility index (Phi) is 5.10. The third-order valence-electron chi connectivity index (χ3n) is 5.59. The number of hydrogen-bond acceptors (Lipinski definition) is 3. The summed E-state index contributed by atoms with van der Waals surface area (Å²) in [4.78, 5) is 29.2. The van der Waals surface area contributed by atoms with Crippen molar-refractivity contribution in [1.82, 2.24) is 4.98 Å². The zero-order valence-electron chi connectivity index (χ0n) is 15.9. The van der Waals surface area contributed by atoms with Crippen molar-refractivity contribution >= 4 is 17.3 Å². The Bertz CT molecular complexity index is 992. The Morgan fingerprint density at radius 1 is 1.03 bits per heavy atom. The number of aromatic amines is 1. The fraction of sp³-hybridized carbons (Fsp3) is 0.429. The lowest BCUT2D eigenvalue weighted by molar-refractivity contribution is -0.137. The molecule has 1 aromatic carbocycles. The van der Waals surface area contributed by atoms with Crippen molar-refractivity contribution in [2.45, 2.75) is 44.7 Å². The molecule has 154 valence electrons. The molecule has 8 heteroatoms. The van der Waals surface area contributed by atoms with Gasteiger partial charge in [0, 0.05) is 30.2 Å². The van der Waals surface area contributed by atoms with Gasteiger partial charge >= 0.3 is 6.18 Å². The summed E-state index contributed by atoms with van der Waals surface area (Å²) < 4.78 is 41.0. The number of rotatable bonds is 3. The maximum Gasteiger partial charge on any atom is 0.418 e. The number of amides is 1. The van der Waals surface area contributed by atoms with E-state index in [1.807, 2.05) is 0 Å². The number of carbonyl (C=O) groups excluding carboxylic acids is 1. The highest BCUT2D eigenvalue weighted by molar-refractivity contribution is 6.04. The fourth-order valence-electron chi connectivity index (χ4n) is 4.13. The molecule has 1 saturated heterocycles. The summed E-state index contributed by atoms with van der Waals surface area (Å²) in [5.74, 6) is -0.709. The van der Waals surface area contributed by atoms with E-state index in [1.54, 1.807) is 11.0 Å². The van der Waals surface area contributed by atoms with E-state index in [0.717, 1.165) is 55.8 Å². The van der Waals surface area contributed by atoms with E-state index >= 15 is 0 Å². The average molecular weight is 405 g/mol. The van der Waals surface area contributed by atoms with Crippen LogP contribution in [0.4, 0.5) is 24.5 Å². The van der Waals surface area contributed by atoms with E-state index < -0.39 is 23.2 Å². The van der Waals surface area contributed by atoms with Crippen LogP contribution in [0.3, 0.4) is 0 Å². The van der Waals surface area contributed by atoms with Gasteiger partial charge in [-0.15, -0.1) is 0 Å². The summed E-state index contributed by atoms with van der Waals surface area (Å²) in [6.45, 7) is 1.17. The van der Waals surface area contributed by atoms with Gasteiger partial charge in [-0.25, -0.2) is 0 Å². The van der Waals surface area contributed by atoms with Crippen molar-refractivity contribution in [3.05, 3.63) is 57.0 Å². The molecule has 0 unspecified atom stereocenters. The number of anilines is 2. The van der Waals surface area contributed by atoms with Gasteiger partial charge in [0.05, 0.1) is 5.56 Å². The van der Waals surface area contributed by atoms with Gasteiger partial charge in [-0.2, -0.15) is 13.2 Å². The molecule has 4 rings (SSSR count). The number of aromatic nitrogens is 1. The molecule has 1 aromatic heterocycles. The normalized spacial score (nSPS) is 16.6. The zero-order chi connectivity index (χ0) is 20.6. The maximum absolute atomic E-state index is 13.7. The van der Waals surface area contributed by atoms with Crippen LogP contribution >= 0.6 is 0 Å². The number of pyridine rings is 1. The second-order valence-corrected chi connectivity index (χ2v) is 7.60. The number of benzene rings is 1. The summed E-state index contributed by atoms with van der Waals surface area (Å²) in [5, 5.41) is 2.46. The van der Waals surface area contributed by atoms with Crippen LogP contribution in [0, 0.1) is 0 Å². The van der Waals surface area contributed by atoms with E-state index in [0.29, 0.717) is 13.1 Å². The predicted octanol–water partition coefficient (Wildman–Crippen LogP) is 4.13. The number of piperidine rings is 1. The molecular weight excluding hydrogens is 383 g/mol. The number of nitrogens with one attached hydrogen (secondary N) is 2. The highest BCUT2D eigenvalue weighted by atomic mass is 19.4. The summed E-state index contributed by atoms with van der Waals surface area (Å²) in [6, 6.07) is 5.35. The maximum atomic E-state index is 13.7. The molecule has 5 nitrogen and oxygen atoms in total. The van der Waals surface area contributed by atoms with Gasteiger partial charge < -0.3 is 15.2 Å². The first-order valence-corrected chi connectivity index (χ1v) is 9.85. The fourth-order valence-corrected chi connectivity index (χ4v) is 4.13. The van der Waals surface area contributed by atoms with Crippen molar-refractivity contribution in [3.63, 3.8) is 0 Å². The first-order chi connectivity index (χ1) is 13.8. The first kappa shape index (κ1) is 19.5. The Labute approximate surface area is 165 Å². The lowest BCUT2D eigenvalue weighted by atomic mass is 10.1. The Morgan fingerprint density at radius 2 is 1.79 bits per heavy atom. The second kappa shape index (κ2) is 7.57. The van der Waals surface area contributed by atoms with Crippen LogP contribution in [0.2, 0.25) is 0 Å². The number of aryl methyl sites for hydroxylation is 2. The van der Waals surface area contributed by atoms with Crippen LogP contribution in [0.5, 0.6) is 0 Å². The molecular formula is C21H22F3N3O2. The highest BCUT2D eigenvalue weighted by Crippen LogP contribution is 2.39. The Hall–Kier alpha value is -2.77. The largest absolute Gasteiger partial charge is 0.418 e. The van der Waals surface area contributed by atoms with Gasteiger partial charge in [-0.05, 0) is 68.4 Å². The Morgan fingerprint density at radius 3 is 2.52 bits per heavy atom. The van der Waals surface area contributed by atoms with Crippen LogP contribution in [0.1, 0.15) is 52.9 Å². The van der Waals surface area contributed by atoms with Crippen LogP contribution in [0.15, 0.2) is 29.1 Å². The monoisotopic (exact) mass is 405 g/mol. The van der Waals surface area contributed by atoms with Crippen molar-refractivity contribution in [2.75, 3.05) is 23.3 Å². The molecule has 0 radical (unpaired) electrons. The molecule has 2 N–H and O–H groups in total. The van der Waals surface area contributed by atoms with Gasteiger partial charge in [0.2, 0.25) is 0 Å². The van der Waals surface area contributed by atoms with Crippen LogP contribution in [0.25, 0.3) is 0 Å². The molecule has 0 bridgehead atoms. The van der Waals surface area contributed by atoms with E-state index in [4.69, 9.17) is 0 Å². The van der Waals surface area contributed by atoms with Crippen molar-refractivity contribution in [3.8, 4) is 0 Å². The number of fused-ring (bicyclic) bond motifs is 1. The van der Waals surface area contributed by atoms with E-state index in [9.17, 15) is 22.8 Å². The molecule has 0 saturated carbocycles. The summed E-state index contributed by atoms with van der Waals surface area (Å²) in [7, 11) is 0. The minimum atomic E-state index is -4.54. The third-order valence-corrected chi connectivity index (χ3v) is 5.59. The highest BCUT2D eigenvalue weighted by Gasteiger charge is 2.35. The zero-order valence-corrected chi connectivity index (χ0v) is 15.9. The van der Waals surface area contributed by atoms with Gasteiger partial charge in [-0.3, -0.25) is 9.59 Å². The SMILES string of the molecule is O=C(Nc1ccc(N2CCCCC2)c(C(F)(F)F)c1)c1cc2c([nH]c1=O)CCC2. The van der Waals surface area contributed by atoms with Crippen LogP contribution < -0.4 is 15.8 Å². The van der Waals surface area contributed by atoms with Crippen LogP contribution in [-0.2, 0) is 19.0 Å². The molecule has 1 fully saturated rings. The Balaban J connectivity index is 1.62.